The van der Waals surface area contributed by atoms with Crippen LogP contribution in [-0.4, -0.2) is 27.3 Å². The van der Waals surface area contributed by atoms with Gasteiger partial charge in [-0.1, -0.05) is 0 Å². The summed E-state index contributed by atoms with van der Waals surface area (Å²) in [4.78, 5) is 18.9. The molecule has 0 amide bonds. The third kappa shape index (κ3) is 1.81. The Morgan fingerprint density at radius 1 is 1.37 bits per heavy atom. The van der Waals surface area contributed by atoms with Crippen LogP contribution >= 0.6 is 0 Å². The summed E-state index contributed by atoms with van der Waals surface area (Å²) in [7, 11) is 1.55. The third-order valence-corrected chi connectivity index (χ3v) is 2.79. The first-order valence-corrected chi connectivity index (χ1v) is 5.56. The van der Waals surface area contributed by atoms with Gasteiger partial charge in [0, 0.05) is 11.8 Å². The summed E-state index contributed by atoms with van der Waals surface area (Å²) in [6, 6.07) is 5.23. The van der Waals surface area contributed by atoms with Gasteiger partial charge in [0.25, 0.3) is 5.56 Å². The molecule has 0 spiro atoms. The Hall–Kier alpha value is -2.83. The number of nitrogens with two attached hydrogens (primary N) is 1. The lowest BCUT2D eigenvalue weighted by atomic mass is 10.1. The smallest absolute Gasteiger partial charge is 0.292 e. The first-order chi connectivity index (χ1) is 9.19. The standard InChI is InChI=1S/C12H11N5O2/c1-19-9-4-6(13)2-3-7(9)11-15-8-5-14-17-12(18)10(8)16-11/h2-5H,13H2,1H3,(H,15,16)(H,17,18). The molecule has 4 N–H and O–H groups in total. The molecule has 7 heteroatoms. The van der Waals surface area contributed by atoms with Gasteiger partial charge in [-0.15, -0.1) is 0 Å². The van der Waals surface area contributed by atoms with E-state index in [9.17, 15) is 4.79 Å². The van der Waals surface area contributed by atoms with Crippen molar-refractivity contribution >= 4 is 16.7 Å². The summed E-state index contributed by atoms with van der Waals surface area (Å²) >= 11 is 0. The van der Waals surface area contributed by atoms with Gasteiger partial charge in [-0.3, -0.25) is 4.79 Å². The van der Waals surface area contributed by atoms with Crippen molar-refractivity contribution < 1.29 is 4.74 Å². The summed E-state index contributed by atoms with van der Waals surface area (Å²) < 4.78 is 5.27. The van der Waals surface area contributed by atoms with Gasteiger partial charge in [0.2, 0.25) is 0 Å². The number of rotatable bonds is 2. The summed E-state index contributed by atoms with van der Waals surface area (Å²) in [6.45, 7) is 0. The van der Waals surface area contributed by atoms with Gasteiger partial charge in [0.1, 0.15) is 11.6 Å². The Labute approximate surface area is 107 Å². The van der Waals surface area contributed by atoms with E-state index in [0.29, 0.717) is 28.3 Å². The van der Waals surface area contributed by atoms with Crippen molar-refractivity contribution in [1.29, 1.82) is 0 Å². The van der Waals surface area contributed by atoms with E-state index >= 15 is 0 Å². The maximum absolute atomic E-state index is 11.6. The second-order valence-electron chi connectivity index (χ2n) is 4.01. The average Bonchev–Trinajstić information content (AvgIpc) is 2.83. The lowest BCUT2D eigenvalue weighted by Gasteiger charge is -2.06. The highest BCUT2D eigenvalue weighted by Crippen LogP contribution is 2.30. The Balaban J connectivity index is 2.25. The normalized spacial score (nSPS) is 10.8. The van der Waals surface area contributed by atoms with E-state index in [1.54, 1.807) is 25.3 Å². The summed E-state index contributed by atoms with van der Waals surface area (Å²) in [6.07, 6.45) is 1.51. The van der Waals surface area contributed by atoms with Gasteiger partial charge < -0.3 is 15.5 Å². The molecular weight excluding hydrogens is 246 g/mol. The molecule has 0 unspecified atom stereocenters. The minimum atomic E-state index is -0.339. The number of methoxy groups -OCH3 is 1. The molecule has 0 radical (unpaired) electrons. The van der Waals surface area contributed by atoms with Crippen LogP contribution in [-0.2, 0) is 0 Å². The number of nitrogens with zero attached hydrogens (tertiary/aromatic N) is 2. The van der Waals surface area contributed by atoms with E-state index in [1.165, 1.54) is 6.20 Å². The van der Waals surface area contributed by atoms with Crippen LogP contribution in [0.2, 0.25) is 0 Å². The predicted molar refractivity (Wildman–Crippen MR) is 70.9 cm³/mol. The molecule has 7 nitrogen and oxygen atoms in total. The van der Waals surface area contributed by atoms with Crippen molar-refractivity contribution in [3.05, 3.63) is 34.7 Å². The molecule has 0 saturated heterocycles. The lowest BCUT2D eigenvalue weighted by Crippen LogP contribution is -2.06. The number of benzene rings is 1. The minimum Gasteiger partial charge on any atom is -0.496 e. The maximum Gasteiger partial charge on any atom is 0.292 e. The molecule has 0 fully saturated rings. The lowest BCUT2D eigenvalue weighted by molar-refractivity contribution is 0.416. The van der Waals surface area contributed by atoms with Gasteiger partial charge in [-0.05, 0) is 12.1 Å². The van der Waals surface area contributed by atoms with Crippen LogP contribution in [0.4, 0.5) is 5.69 Å². The quantitative estimate of drug-likeness (QED) is 0.591. The molecule has 3 aromatic rings. The van der Waals surface area contributed by atoms with Crippen molar-refractivity contribution in [3.8, 4) is 17.1 Å². The maximum atomic E-state index is 11.6. The van der Waals surface area contributed by atoms with Crippen molar-refractivity contribution in [2.75, 3.05) is 12.8 Å². The fourth-order valence-electron chi connectivity index (χ4n) is 1.89. The van der Waals surface area contributed by atoms with E-state index in [1.807, 2.05) is 0 Å². The van der Waals surface area contributed by atoms with Crippen LogP contribution < -0.4 is 16.0 Å². The highest BCUT2D eigenvalue weighted by molar-refractivity contribution is 5.79. The van der Waals surface area contributed by atoms with Crippen LogP contribution in [0.1, 0.15) is 0 Å². The van der Waals surface area contributed by atoms with Crippen LogP contribution in [0, 0.1) is 0 Å². The Morgan fingerprint density at radius 3 is 2.95 bits per heavy atom. The number of fused-ring (bicyclic) bond motifs is 1. The van der Waals surface area contributed by atoms with Gasteiger partial charge in [0.05, 0.1) is 24.4 Å². The van der Waals surface area contributed by atoms with Crippen molar-refractivity contribution in [3.63, 3.8) is 0 Å². The molecule has 0 saturated carbocycles. The van der Waals surface area contributed by atoms with Gasteiger partial charge in [-0.25, -0.2) is 10.1 Å². The van der Waals surface area contributed by atoms with E-state index in [-0.39, 0.29) is 5.56 Å². The van der Waals surface area contributed by atoms with Crippen molar-refractivity contribution in [2.45, 2.75) is 0 Å². The van der Waals surface area contributed by atoms with E-state index in [4.69, 9.17) is 10.5 Å². The highest BCUT2D eigenvalue weighted by Gasteiger charge is 2.12. The number of hydrogen-bond acceptors (Lipinski definition) is 5. The fourth-order valence-corrected chi connectivity index (χ4v) is 1.89. The van der Waals surface area contributed by atoms with E-state index < -0.39 is 0 Å². The largest absolute Gasteiger partial charge is 0.496 e. The monoisotopic (exact) mass is 257 g/mol. The minimum absolute atomic E-state index is 0.309. The molecule has 0 aliphatic heterocycles. The number of hydrogen-bond donors (Lipinski definition) is 3. The zero-order valence-electron chi connectivity index (χ0n) is 10.1. The van der Waals surface area contributed by atoms with Crippen LogP contribution in [0.15, 0.2) is 29.2 Å². The van der Waals surface area contributed by atoms with Gasteiger partial charge >= 0.3 is 0 Å². The molecule has 0 atom stereocenters. The van der Waals surface area contributed by atoms with Crippen molar-refractivity contribution in [1.82, 2.24) is 20.2 Å². The summed E-state index contributed by atoms with van der Waals surface area (Å²) in [5.41, 5.74) is 7.57. The zero-order chi connectivity index (χ0) is 13.4. The second kappa shape index (κ2) is 4.13. The predicted octanol–water partition coefficient (Wildman–Crippen LogP) is 0.904. The molecule has 96 valence electrons. The van der Waals surface area contributed by atoms with E-state index in [0.717, 1.165) is 5.56 Å². The zero-order valence-corrected chi connectivity index (χ0v) is 10.1. The summed E-state index contributed by atoms with van der Waals surface area (Å²) in [5.74, 6) is 1.12. The topological polar surface area (TPSA) is 110 Å². The first kappa shape index (κ1) is 11.3. The van der Waals surface area contributed by atoms with Crippen LogP contribution in [0.3, 0.4) is 0 Å². The Kier molecular flexibility index (Phi) is 2.45. The Bertz CT molecular complexity index is 805. The number of nitrogen functional groups attached to an aromatic ring is 1. The van der Waals surface area contributed by atoms with Crippen LogP contribution in [0.5, 0.6) is 5.75 Å². The second-order valence-corrected chi connectivity index (χ2v) is 4.01. The molecular formula is C12H11N5O2. The average molecular weight is 257 g/mol. The number of ether oxygens (including phenoxy) is 1. The van der Waals surface area contributed by atoms with Crippen molar-refractivity contribution in [2.24, 2.45) is 0 Å². The SMILES string of the molecule is COc1cc(N)ccc1-c1nc2c(=O)[nH]ncc2[nH]1. The van der Waals surface area contributed by atoms with Gasteiger partial charge in [-0.2, -0.15) is 5.10 Å². The van der Waals surface area contributed by atoms with Crippen LogP contribution in [0.25, 0.3) is 22.4 Å². The fraction of sp³-hybridized carbons (Fsp3) is 0.0833. The number of aromatic amines is 2. The number of anilines is 1. The molecule has 2 heterocycles. The molecule has 0 aliphatic rings. The molecule has 1 aromatic carbocycles. The first-order valence-electron chi connectivity index (χ1n) is 5.56. The summed E-state index contributed by atoms with van der Waals surface area (Å²) in [5, 5.41) is 6.05. The number of imidazole rings is 1. The highest BCUT2D eigenvalue weighted by atomic mass is 16.5. The number of nitrogens with one attached hydrogen (secondary N) is 2. The molecule has 0 aliphatic carbocycles. The Morgan fingerprint density at radius 2 is 2.21 bits per heavy atom. The molecule has 2 aromatic heterocycles. The third-order valence-electron chi connectivity index (χ3n) is 2.79. The van der Waals surface area contributed by atoms with Gasteiger partial charge in [0.15, 0.2) is 5.52 Å². The molecule has 19 heavy (non-hydrogen) atoms. The molecule has 3 rings (SSSR count). The molecule has 0 bridgehead atoms. The number of H-pyrrole nitrogens is 2. The number of aromatic nitrogens is 4. The van der Waals surface area contributed by atoms with E-state index in [2.05, 4.69) is 20.2 Å².